The van der Waals surface area contributed by atoms with Crippen molar-refractivity contribution in [2.75, 3.05) is 45.9 Å². The molecule has 1 aromatic carbocycles. The fourth-order valence-electron chi connectivity index (χ4n) is 4.86. The molecule has 1 saturated heterocycles. The van der Waals surface area contributed by atoms with Gasteiger partial charge >= 0.3 is 5.69 Å². The van der Waals surface area contributed by atoms with E-state index in [1.165, 1.54) is 11.4 Å². The number of hydrogen-bond acceptors (Lipinski definition) is 7. The lowest BCUT2D eigenvalue weighted by Gasteiger charge is -2.34. The molecule has 4 rings (SSSR count). The average Bonchev–Trinajstić information content (AvgIpc) is 3.28. The molecular formula is C26H36BrN5O6S. The summed E-state index contributed by atoms with van der Waals surface area (Å²) < 4.78 is 37.9. The normalized spacial score (nSPS) is 15.3. The van der Waals surface area contributed by atoms with Crippen LogP contribution < -0.4 is 16.0 Å². The van der Waals surface area contributed by atoms with Crippen LogP contribution in [-0.4, -0.2) is 82.8 Å². The summed E-state index contributed by atoms with van der Waals surface area (Å²) in [5.41, 5.74) is 0.752. The highest BCUT2D eigenvalue weighted by molar-refractivity contribution is 9.10. The number of hydrogen-bond donors (Lipinski definition) is 2. The van der Waals surface area contributed by atoms with E-state index in [0.717, 1.165) is 17.5 Å². The Morgan fingerprint density at radius 3 is 2.44 bits per heavy atom. The number of H-pyrrole nitrogens is 1. The molecule has 0 spiro atoms. The van der Waals surface area contributed by atoms with Crippen molar-refractivity contribution in [1.29, 1.82) is 0 Å². The second kappa shape index (κ2) is 12.4. The van der Waals surface area contributed by atoms with Gasteiger partial charge in [-0.1, -0.05) is 13.8 Å². The van der Waals surface area contributed by atoms with Crippen molar-refractivity contribution in [2.24, 2.45) is 7.05 Å². The first-order valence-electron chi connectivity index (χ1n) is 13.3. The first kappa shape index (κ1) is 29.5. The molecule has 0 amide bonds. The highest BCUT2D eigenvalue weighted by atomic mass is 79.9. The Morgan fingerprint density at radius 1 is 1.08 bits per heavy atom. The molecule has 3 aromatic rings. The summed E-state index contributed by atoms with van der Waals surface area (Å²) in [5.74, 6) is 0.470. The predicted octanol–water partition coefficient (Wildman–Crippen LogP) is 2.35. The second-order valence-electron chi connectivity index (χ2n) is 9.67. The maximum atomic E-state index is 13.7. The van der Waals surface area contributed by atoms with Crippen LogP contribution >= 0.6 is 15.9 Å². The van der Waals surface area contributed by atoms with Gasteiger partial charge in [0.1, 0.15) is 11.3 Å². The molecule has 39 heavy (non-hydrogen) atoms. The summed E-state index contributed by atoms with van der Waals surface area (Å²) in [5, 5.41) is 9.09. The lowest BCUT2D eigenvalue weighted by molar-refractivity contribution is 0.171. The van der Waals surface area contributed by atoms with Gasteiger partial charge in [0.15, 0.2) is 0 Å². The lowest BCUT2D eigenvalue weighted by Crippen LogP contribution is -2.48. The maximum absolute atomic E-state index is 13.7. The Kier molecular flexibility index (Phi) is 9.37. The van der Waals surface area contributed by atoms with Gasteiger partial charge in [0.05, 0.1) is 27.2 Å². The Hall–Kier alpha value is -2.45. The SMILES string of the molecule is CCCOc1ccc(S(=O)(=O)N2CCN(CCCO)CC2)cc1-c1[nH]c2c(=O)n(C)c(=O)n(CCC)c2c1Br. The van der Waals surface area contributed by atoms with Crippen LogP contribution in [0.4, 0.5) is 0 Å². The number of nitrogens with zero attached hydrogens (tertiary/aromatic N) is 4. The molecule has 0 bridgehead atoms. The van der Waals surface area contributed by atoms with Gasteiger partial charge in [-0.2, -0.15) is 4.31 Å². The van der Waals surface area contributed by atoms with Crippen molar-refractivity contribution < 1.29 is 18.3 Å². The van der Waals surface area contributed by atoms with Gasteiger partial charge in [-0.3, -0.25) is 13.9 Å². The smallest absolute Gasteiger partial charge is 0.331 e. The molecule has 0 saturated carbocycles. The summed E-state index contributed by atoms with van der Waals surface area (Å²) >= 11 is 3.61. The quantitative estimate of drug-likeness (QED) is 0.334. The van der Waals surface area contributed by atoms with E-state index in [0.29, 0.717) is 79.2 Å². The zero-order chi connectivity index (χ0) is 28.3. The number of aliphatic hydroxyl groups excluding tert-OH is 1. The van der Waals surface area contributed by atoms with Crippen molar-refractivity contribution >= 4 is 37.0 Å². The Labute approximate surface area is 236 Å². The number of benzene rings is 1. The van der Waals surface area contributed by atoms with Crippen LogP contribution in [0.5, 0.6) is 5.75 Å². The van der Waals surface area contributed by atoms with E-state index >= 15 is 0 Å². The molecule has 2 N–H and O–H groups in total. The van der Waals surface area contributed by atoms with Crippen LogP contribution in [0, 0.1) is 0 Å². The van der Waals surface area contributed by atoms with Gasteiger partial charge < -0.3 is 19.7 Å². The van der Waals surface area contributed by atoms with E-state index in [2.05, 4.69) is 25.8 Å². The first-order chi connectivity index (χ1) is 18.6. The van der Waals surface area contributed by atoms with E-state index in [4.69, 9.17) is 9.84 Å². The molecule has 2 aromatic heterocycles. The molecule has 11 nitrogen and oxygen atoms in total. The summed E-state index contributed by atoms with van der Waals surface area (Å²) in [7, 11) is -2.36. The zero-order valence-corrected chi connectivity index (χ0v) is 25.0. The van der Waals surface area contributed by atoms with Crippen LogP contribution in [0.2, 0.25) is 0 Å². The Morgan fingerprint density at radius 2 is 1.79 bits per heavy atom. The predicted molar refractivity (Wildman–Crippen MR) is 154 cm³/mol. The molecule has 214 valence electrons. The van der Waals surface area contributed by atoms with Crippen LogP contribution in [-0.2, 0) is 23.6 Å². The number of aryl methyl sites for hydroxylation is 1. The monoisotopic (exact) mass is 625 g/mol. The van der Waals surface area contributed by atoms with E-state index in [1.54, 1.807) is 22.8 Å². The highest BCUT2D eigenvalue weighted by Gasteiger charge is 2.30. The van der Waals surface area contributed by atoms with Crippen molar-refractivity contribution in [3.05, 3.63) is 43.5 Å². The standard InChI is InChI=1S/C26H36BrN5O6S/c1-4-9-32-24-21(27)22(28-23(24)25(34)29(3)26(32)35)19-17-18(7-8-20(19)38-16-5-2)39(36,37)31-13-11-30(12-14-31)10-6-15-33/h7-8,17,28,33H,4-6,9-16H2,1-3H3. The van der Waals surface area contributed by atoms with Gasteiger partial charge in [-0.15, -0.1) is 0 Å². The summed E-state index contributed by atoms with van der Waals surface area (Å²) in [6.07, 6.45) is 2.10. The fraction of sp³-hybridized carbons (Fsp3) is 0.538. The van der Waals surface area contributed by atoms with Crippen molar-refractivity contribution in [3.8, 4) is 17.0 Å². The molecule has 0 unspecified atom stereocenters. The molecule has 3 heterocycles. The van der Waals surface area contributed by atoms with Crippen molar-refractivity contribution in [3.63, 3.8) is 0 Å². The minimum atomic E-state index is -3.80. The summed E-state index contributed by atoms with van der Waals surface area (Å²) in [6, 6.07) is 4.76. The van der Waals surface area contributed by atoms with Gasteiger partial charge in [0.25, 0.3) is 5.56 Å². The number of aliphatic hydroxyl groups is 1. The van der Waals surface area contributed by atoms with Crippen LogP contribution in [0.3, 0.4) is 0 Å². The third-order valence-corrected chi connectivity index (χ3v) is 9.62. The van der Waals surface area contributed by atoms with Gasteiger partial charge in [0, 0.05) is 58.5 Å². The molecule has 0 atom stereocenters. The van der Waals surface area contributed by atoms with Crippen molar-refractivity contribution in [1.82, 2.24) is 23.3 Å². The molecule has 13 heteroatoms. The number of aromatic amines is 1. The summed E-state index contributed by atoms with van der Waals surface area (Å²) in [4.78, 5) is 31.4. The fourth-order valence-corrected chi connectivity index (χ4v) is 7.04. The molecule has 1 aliphatic heterocycles. The number of halogens is 1. The topological polar surface area (TPSA) is 130 Å². The van der Waals surface area contributed by atoms with Gasteiger partial charge in [-0.25, -0.2) is 13.2 Å². The number of sulfonamides is 1. The first-order valence-corrected chi connectivity index (χ1v) is 15.5. The zero-order valence-electron chi connectivity index (χ0n) is 22.6. The molecular weight excluding hydrogens is 590 g/mol. The number of piperazine rings is 1. The van der Waals surface area contributed by atoms with E-state index < -0.39 is 21.3 Å². The largest absolute Gasteiger partial charge is 0.493 e. The number of nitrogens with one attached hydrogen (secondary N) is 1. The Balaban J connectivity index is 1.82. The van der Waals surface area contributed by atoms with Crippen LogP contribution in [0.15, 0.2) is 37.2 Å². The van der Waals surface area contributed by atoms with E-state index in [1.807, 2.05) is 13.8 Å². The molecule has 1 aliphatic rings. The minimum absolute atomic E-state index is 0.109. The van der Waals surface area contributed by atoms with Crippen molar-refractivity contribution in [2.45, 2.75) is 44.6 Å². The van der Waals surface area contributed by atoms with E-state index in [9.17, 15) is 18.0 Å². The Bertz CT molecular complexity index is 1550. The van der Waals surface area contributed by atoms with Gasteiger partial charge in [-0.05, 0) is 53.4 Å². The average molecular weight is 627 g/mol. The number of aromatic nitrogens is 3. The number of fused-ring (bicyclic) bond motifs is 1. The van der Waals surface area contributed by atoms with E-state index in [-0.39, 0.29) is 17.0 Å². The molecule has 1 fully saturated rings. The summed E-state index contributed by atoms with van der Waals surface area (Å²) in [6.45, 7) is 7.50. The maximum Gasteiger partial charge on any atom is 0.331 e. The molecule has 0 radical (unpaired) electrons. The van der Waals surface area contributed by atoms with Crippen LogP contribution in [0.1, 0.15) is 33.1 Å². The molecule has 0 aliphatic carbocycles. The third-order valence-electron chi connectivity index (χ3n) is 6.95. The second-order valence-corrected chi connectivity index (χ2v) is 12.4. The van der Waals surface area contributed by atoms with Gasteiger partial charge in [0.2, 0.25) is 10.0 Å². The highest BCUT2D eigenvalue weighted by Crippen LogP contribution is 2.39. The number of ether oxygens (including phenoxy) is 1. The minimum Gasteiger partial charge on any atom is -0.493 e. The van der Waals surface area contributed by atoms with Crippen LogP contribution in [0.25, 0.3) is 22.3 Å². The number of rotatable bonds is 11. The lowest BCUT2D eigenvalue weighted by atomic mass is 10.1. The third kappa shape index (κ3) is 5.73.